The quantitative estimate of drug-likeness (QED) is 0.584. The van der Waals surface area contributed by atoms with Crippen molar-refractivity contribution in [3.8, 4) is 0 Å². The molecule has 0 amide bonds. The lowest BCUT2D eigenvalue weighted by Crippen LogP contribution is -2.25. The summed E-state index contributed by atoms with van der Waals surface area (Å²) in [5.41, 5.74) is 5.87. The van der Waals surface area contributed by atoms with Crippen molar-refractivity contribution in [3.05, 3.63) is 11.6 Å². The van der Waals surface area contributed by atoms with E-state index < -0.39 is 0 Å². The summed E-state index contributed by atoms with van der Waals surface area (Å²) in [6.07, 6.45) is 3.31. The highest BCUT2D eigenvalue weighted by Crippen LogP contribution is 2.20. The van der Waals surface area contributed by atoms with Crippen LogP contribution in [0.3, 0.4) is 0 Å². The molecule has 0 saturated carbocycles. The average molecular weight is 152 g/mol. The highest BCUT2D eigenvalue weighted by atomic mass is 15.3. The second-order valence-electron chi connectivity index (χ2n) is 2.99. The van der Waals surface area contributed by atoms with Gasteiger partial charge in [-0.05, 0) is 19.8 Å². The lowest BCUT2D eigenvalue weighted by atomic mass is 10.1. The fourth-order valence-electron chi connectivity index (χ4n) is 1.61. The minimum Gasteiger partial charge on any atom is -0.311 e. The van der Waals surface area contributed by atoms with E-state index in [0.29, 0.717) is 0 Å². The lowest BCUT2D eigenvalue weighted by Gasteiger charge is -2.21. The van der Waals surface area contributed by atoms with Gasteiger partial charge < -0.3 is 5.73 Å². The van der Waals surface area contributed by atoms with Gasteiger partial charge in [0.25, 0.3) is 0 Å². The molecule has 1 aromatic rings. The van der Waals surface area contributed by atoms with Gasteiger partial charge >= 0.3 is 0 Å². The minimum absolute atomic E-state index is 0.105. The molecule has 0 saturated heterocycles. The SMILES string of the molecule is Cc1nnc2n1C(N)CCC2. The minimum atomic E-state index is 0.105. The van der Waals surface area contributed by atoms with Gasteiger partial charge in [0.15, 0.2) is 0 Å². The molecule has 4 nitrogen and oxygen atoms in total. The summed E-state index contributed by atoms with van der Waals surface area (Å²) >= 11 is 0. The first-order valence-corrected chi connectivity index (χ1v) is 3.95. The molecule has 0 bridgehead atoms. The molecule has 2 heterocycles. The van der Waals surface area contributed by atoms with Crippen molar-refractivity contribution < 1.29 is 0 Å². The third kappa shape index (κ3) is 0.939. The third-order valence-corrected chi connectivity index (χ3v) is 2.17. The van der Waals surface area contributed by atoms with Crippen molar-refractivity contribution in [2.75, 3.05) is 0 Å². The van der Waals surface area contributed by atoms with E-state index in [9.17, 15) is 0 Å². The topological polar surface area (TPSA) is 56.7 Å². The highest BCUT2D eigenvalue weighted by molar-refractivity contribution is 4.99. The van der Waals surface area contributed by atoms with Crippen LogP contribution in [0, 0.1) is 6.92 Å². The van der Waals surface area contributed by atoms with Gasteiger partial charge in [0, 0.05) is 6.42 Å². The summed E-state index contributed by atoms with van der Waals surface area (Å²) in [6, 6.07) is 0. The van der Waals surface area contributed by atoms with E-state index >= 15 is 0 Å². The summed E-state index contributed by atoms with van der Waals surface area (Å²) in [7, 11) is 0. The normalized spacial score (nSPS) is 23.3. The maximum absolute atomic E-state index is 5.87. The van der Waals surface area contributed by atoms with Gasteiger partial charge in [-0.2, -0.15) is 0 Å². The van der Waals surface area contributed by atoms with Gasteiger partial charge in [-0.15, -0.1) is 10.2 Å². The highest BCUT2D eigenvalue weighted by Gasteiger charge is 2.19. The second kappa shape index (κ2) is 2.30. The summed E-state index contributed by atoms with van der Waals surface area (Å²) < 4.78 is 2.03. The van der Waals surface area contributed by atoms with E-state index in [1.165, 1.54) is 0 Å². The molecule has 2 rings (SSSR count). The molecule has 11 heavy (non-hydrogen) atoms. The summed E-state index contributed by atoms with van der Waals surface area (Å²) in [6.45, 7) is 1.95. The molecule has 2 N–H and O–H groups in total. The molecule has 0 fully saturated rings. The molecule has 0 spiro atoms. The van der Waals surface area contributed by atoms with E-state index in [1.807, 2.05) is 11.5 Å². The Labute approximate surface area is 65.4 Å². The molecule has 0 radical (unpaired) electrons. The Morgan fingerprint density at radius 3 is 3.09 bits per heavy atom. The van der Waals surface area contributed by atoms with Crippen LogP contribution in [0.2, 0.25) is 0 Å². The number of aryl methyl sites for hydroxylation is 2. The Morgan fingerprint density at radius 2 is 2.36 bits per heavy atom. The number of aromatic nitrogens is 3. The van der Waals surface area contributed by atoms with Gasteiger partial charge in [0.2, 0.25) is 0 Å². The summed E-state index contributed by atoms with van der Waals surface area (Å²) in [5.74, 6) is 1.98. The number of hydrogen-bond donors (Lipinski definition) is 1. The maximum atomic E-state index is 5.87. The van der Waals surface area contributed by atoms with Gasteiger partial charge in [-0.1, -0.05) is 0 Å². The van der Waals surface area contributed by atoms with E-state index in [0.717, 1.165) is 30.9 Å². The van der Waals surface area contributed by atoms with E-state index in [4.69, 9.17) is 5.73 Å². The molecule has 1 aromatic heterocycles. The number of fused-ring (bicyclic) bond motifs is 1. The molecule has 1 atom stereocenters. The predicted molar refractivity (Wildman–Crippen MR) is 40.9 cm³/mol. The van der Waals surface area contributed by atoms with Crippen molar-refractivity contribution in [1.82, 2.24) is 14.8 Å². The molecule has 60 valence electrons. The zero-order valence-corrected chi connectivity index (χ0v) is 6.62. The predicted octanol–water partition coefficient (Wildman–Crippen LogP) is 0.380. The average Bonchev–Trinajstić information content (AvgIpc) is 2.34. The Bertz CT molecular complexity index is 265. The molecule has 1 unspecified atom stereocenters. The van der Waals surface area contributed by atoms with Crippen LogP contribution in [0.15, 0.2) is 0 Å². The third-order valence-electron chi connectivity index (χ3n) is 2.17. The van der Waals surface area contributed by atoms with E-state index in [-0.39, 0.29) is 6.17 Å². The van der Waals surface area contributed by atoms with Crippen molar-refractivity contribution in [2.45, 2.75) is 32.4 Å². The first kappa shape index (κ1) is 6.79. The molecule has 4 heteroatoms. The largest absolute Gasteiger partial charge is 0.311 e. The molecule has 1 aliphatic rings. The number of nitrogens with zero attached hydrogens (tertiary/aromatic N) is 3. The molecule has 0 aliphatic carbocycles. The van der Waals surface area contributed by atoms with Crippen LogP contribution in [-0.4, -0.2) is 14.8 Å². The monoisotopic (exact) mass is 152 g/mol. The van der Waals surface area contributed by atoms with Crippen molar-refractivity contribution in [3.63, 3.8) is 0 Å². The fourth-order valence-corrected chi connectivity index (χ4v) is 1.61. The zero-order valence-electron chi connectivity index (χ0n) is 6.62. The van der Waals surface area contributed by atoms with Crippen molar-refractivity contribution in [1.29, 1.82) is 0 Å². The fraction of sp³-hybridized carbons (Fsp3) is 0.714. The first-order valence-electron chi connectivity index (χ1n) is 3.95. The van der Waals surface area contributed by atoms with Crippen LogP contribution in [0.4, 0.5) is 0 Å². The van der Waals surface area contributed by atoms with Crippen LogP contribution in [0.1, 0.15) is 30.7 Å². The number of nitrogens with two attached hydrogens (primary N) is 1. The Kier molecular flexibility index (Phi) is 1.42. The number of hydrogen-bond acceptors (Lipinski definition) is 3. The second-order valence-corrected chi connectivity index (χ2v) is 2.99. The standard InChI is InChI=1S/C7H12N4/c1-5-9-10-7-4-2-3-6(8)11(5)7/h6H,2-4,8H2,1H3. The van der Waals surface area contributed by atoms with E-state index in [2.05, 4.69) is 10.2 Å². The van der Waals surface area contributed by atoms with Crippen LogP contribution < -0.4 is 5.73 Å². The van der Waals surface area contributed by atoms with Gasteiger partial charge in [-0.3, -0.25) is 4.57 Å². The smallest absolute Gasteiger partial charge is 0.134 e. The molecular weight excluding hydrogens is 140 g/mol. The van der Waals surface area contributed by atoms with Crippen LogP contribution in [0.25, 0.3) is 0 Å². The zero-order chi connectivity index (χ0) is 7.84. The van der Waals surface area contributed by atoms with Crippen LogP contribution >= 0.6 is 0 Å². The Hall–Kier alpha value is -0.900. The number of rotatable bonds is 0. The summed E-state index contributed by atoms with van der Waals surface area (Å²) in [4.78, 5) is 0. The van der Waals surface area contributed by atoms with Crippen molar-refractivity contribution in [2.24, 2.45) is 5.73 Å². The molecular formula is C7H12N4. The Balaban J connectivity index is 2.48. The molecule has 0 aromatic carbocycles. The first-order chi connectivity index (χ1) is 5.29. The lowest BCUT2D eigenvalue weighted by molar-refractivity contribution is 0.401. The van der Waals surface area contributed by atoms with E-state index in [1.54, 1.807) is 0 Å². The van der Waals surface area contributed by atoms with Crippen LogP contribution in [0.5, 0.6) is 0 Å². The van der Waals surface area contributed by atoms with Crippen molar-refractivity contribution >= 4 is 0 Å². The maximum Gasteiger partial charge on any atom is 0.134 e. The molecule has 1 aliphatic heterocycles. The van der Waals surface area contributed by atoms with Gasteiger partial charge in [0.1, 0.15) is 11.6 Å². The Morgan fingerprint density at radius 1 is 1.55 bits per heavy atom. The van der Waals surface area contributed by atoms with Crippen LogP contribution in [-0.2, 0) is 6.42 Å². The summed E-state index contributed by atoms with van der Waals surface area (Å²) in [5, 5.41) is 8.02. The van der Waals surface area contributed by atoms with Gasteiger partial charge in [0.05, 0.1) is 6.17 Å². The van der Waals surface area contributed by atoms with Gasteiger partial charge in [-0.25, -0.2) is 0 Å².